The van der Waals surface area contributed by atoms with Gasteiger partial charge in [0.05, 0.1) is 6.54 Å². The predicted molar refractivity (Wildman–Crippen MR) is 73.8 cm³/mol. The molecule has 0 aliphatic rings. The number of nitrogen functional groups attached to an aromatic ring is 1. The van der Waals surface area contributed by atoms with Crippen molar-refractivity contribution in [2.75, 3.05) is 49.9 Å². The topological polar surface area (TPSA) is 112 Å². The fourth-order valence-electron chi connectivity index (χ4n) is 1.17. The van der Waals surface area contributed by atoms with Crippen molar-refractivity contribution in [3.05, 3.63) is 0 Å². The van der Waals surface area contributed by atoms with E-state index in [0.29, 0.717) is 18.4 Å². The van der Waals surface area contributed by atoms with E-state index in [1.165, 1.54) is 0 Å². The zero-order valence-corrected chi connectivity index (χ0v) is 11.6. The Morgan fingerprint density at radius 3 is 2.37 bits per heavy atom. The number of hydrazine groups is 1. The van der Waals surface area contributed by atoms with Gasteiger partial charge in [-0.1, -0.05) is 0 Å². The Morgan fingerprint density at radius 1 is 1.21 bits per heavy atom. The molecule has 0 bridgehead atoms. The maximum Gasteiger partial charge on any atom is 0.243 e. The Balaban J connectivity index is 2.77. The van der Waals surface area contributed by atoms with Crippen LogP contribution in [0, 0.1) is 0 Å². The molecule has 0 atom stereocenters. The number of aromatic nitrogens is 3. The quantitative estimate of drug-likeness (QED) is 0.450. The molecular formula is C10H20N8O. The highest BCUT2D eigenvalue weighted by Gasteiger charge is 2.10. The van der Waals surface area contributed by atoms with Crippen molar-refractivity contribution in [1.29, 1.82) is 0 Å². The summed E-state index contributed by atoms with van der Waals surface area (Å²) in [4.78, 5) is 27.2. The van der Waals surface area contributed by atoms with Crippen LogP contribution in [0.25, 0.3) is 0 Å². The van der Waals surface area contributed by atoms with Gasteiger partial charge in [-0.2, -0.15) is 15.0 Å². The summed E-state index contributed by atoms with van der Waals surface area (Å²) >= 11 is 0. The number of nitrogens with one attached hydrogen (secondary N) is 2. The fourth-order valence-corrected chi connectivity index (χ4v) is 1.17. The minimum absolute atomic E-state index is 0.0448. The third-order valence-corrected chi connectivity index (χ3v) is 2.45. The van der Waals surface area contributed by atoms with Gasteiger partial charge in [-0.25, -0.2) is 5.84 Å². The zero-order chi connectivity index (χ0) is 14.4. The Morgan fingerprint density at radius 2 is 1.84 bits per heavy atom. The van der Waals surface area contributed by atoms with E-state index >= 15 is 0 Å². The van der Waals surface area contributed by atoms with Gasteiger partial charge >= 0.3 is 0 Å². The molecule has 4 N–H and O–H groups in total. The summed E-state index contributed by atoms with van der Waals surface area (Å²) in [6.07, 6.45) is 0. The first-order valence-electron chi connectivity index (χ1n) is 5.85. The number of carbonyl (C=O) groups excluding carboxylic acids is 1. The predicted octanol–water partition coefficient (Wildman–Crippen LogP) is -0.887. The number of amides is 1. The molecule has 19 heavy (non-hydrogen) atoms. The second kappa shape index (κ2) is 6.69. The van der Waals surface area contributed by atoms with Gasteiger partial charge in [0.2, 0.25) is 23.8 Å². The lowest BCUT2D eigenvalue weighted by atomic mass is 10.5. The van der Waals surface area contributed by atoms with E-state index in [1.54, 1.807) is 30.9 Å². The standard InChI is InChI=1S/C10H20N8O/c1-5-18(4)7(19)6-12-8-13-9(16-11)15-10(14-8)17(2)3/h5-6,11H2,1-4H3,(H2,12,13,14,15,16). The lowest BCUT2D eigenvalue weighted by Crippen LogP contribution is -2.32. The van der Waals surface area contributed by atoms with Crippen molar-refractivity contribution in [2.45, 2.75) is 6.92 Å². The van der Waals surface area contributed by atoms with Gasteiger partial charge in [-0.15, -0.1) is 0 Å². The van der Waals surface area contributed by atoms with Crippen LogP contribution in [0.4, 0.5) is 17.8 Å². The number of likely N-dealkylation sites (N-methyl/N-ethyl adjacent to an activating group) is 1. The van der Waals surface area contributed by atoms with Crippen molar-refractivity contribution >= 4 is 23.8 Å². The molecule has 0 saturated carbocycles. The Kier molecular flexibility index (Phi) is 5.24. The van der Waals surface area contributed by atoms with E-state index in [1.807, 2.05) is 6.92 Å². The number of rotatable bonds is 6. The molecule has 9 heteroatoms. The number of anilines is 3. The van der Waals surface area contributed by atoms with Crippen molar-refractivity contribution < 1.29 is 4.79 Å². The maximum atomic E-state index is 11.7. The van der Waals surface area contributed by atoms with Crippen LogP contribution in [0.2, 0.25) is 0 Å². The van der Waals surface area contributed by atoms with Crippen molar-refractivity contribution in [3.63, 3.8) is 0 Å². The number of nitrogens with zero attached hydrogens (tertiary/aromatic N) is 5. The van der Waals surface area contributed by atoms with Crippen LogP contribution >= 0.6 is 0 Å². The van der Waals surface area contributed by atoms with E-state index in [4.69, 9.17) is 5.84 Å². The molecule has 106 valence electrons. The molecule has 0 saturated heterocycles. The molecule has 1 rings (SSSR count). The smallest absolute Gasteiger partial charge is 0.243 e. The summed E-state index contributed by atoms with van der Waals surface area (Å²) in [5.41, 5.74) is 2.36. The first kappa shape index (κ1) is 14.9. The first-order valence-corrected chi connectivity index (χ1v) is 5.85. The third-order valence-electron chi connectivity index (χ3n) is 2.45. The van der Waals surface area contributed by atoms with Gasteiger partial charge in [0.15, 0.2) is 0 Å². The summed E-state index contributed by atoms with van der Waals surface area (Å²) in [7, 11) is 5.33. The molecule has 0 fully saturated rings. The molecular weight excluding hydrogens is 248 g/mol. The molecule has 1 aromatic rings. The minimum atomic E-state index is -0.0448. The van der Waals surface area contributed by atoms with Crippen LogP contribution in [0.1, 0.15) is 6.92 Å². The van der Waals surface area contributed by atoms with Gasteiger partial charge in [0.1, 0.15) is 0 Å². The second-order valence-corrected chi connectivity index (χ2v) is 4.08. The Labute approximate surface area is 112 Å². The molecule has 0 unspecified atom stereocenters. The van der Waals surface area contributed by atoms with Crippen LogP contribution in [0.5, 0.6) is 0 Å². The van der Waals surface area contributed by atoms with E-state index in [-0.39, 0.29) is 18.4 Å². The van der Waals surface area contributed by atoms with Crippen LogP contribution in [-0.2, 0) is 4.79 Å². The number of hydrogen-bond acceptors (Lipinski definition) is 8. The average molecular weight is 268 g/mol. The summed E-state index contributed by atoms with van der Waals surface area (Å²) in [5.74, 6) is 6.22. The Bertz CT molecular complexity index is 436. The van der Waals surface area contributed by atoms with E-state index in [0.717, 1.165) is 0 Å². The van der Waals surface area contributed by atoms with E-state index in [2.05, 4.69) is 25.7 Å². The summed E-state index contributed by atoms with van der Waals surface area (Å²) < 4.78 is 0. The fraction of sp³-hybridized carbons (Fsp3) is 0.600. The molecule has 9 nitrogen and oxygen atoms in total. The minimum Gasteiger partial charge on any atom is -0.347 e. The summed E-state index contributed by atoms with van der Waals surface area (Å²) in [5, 5.41) is 2.85. The van der Waals surface area contributed by atoms with Crippen molar-refractivity contribution in [2.24, 2.45) is 5.84 Å². The van der Waals surface area contributed by atoms with E-state index < -0.39 is 0 Å². The van der Waals surface area contributed by atoms with Crippen LogP contribution < -0.4 is 21.5 Å². The van der Waals surface area contributed by atoms with Gasteiger partial charge in [-0.3, -0.25) is 10.2 Å². The average Bonchev–Trinajstić information content (AvgIpc) is 2.43. The van der Waals surface area contributed by atoms with Crippen LogP contribution in [0.3, 0.4) is 0 Å². The third kappa shape index (κ3) is 4.21. The molecule has 1 aromatic heterocycles. The lowest BCUT2D eigenvalue weighted by molar-refractivity contribution is -0.127. The molecule has 0 aliphatic carbocycles. The number of nitrogens with two attached hydrogens (primary N) is 1. The molecule has 0 radical (unpaired) electrons. The number of carbonyl (C=O) groups is 1. The van der Waals surface area contributed by atoms with Crippen molar-refractivity contribution in [3.8, 4) is 0 Å². The molecule has 1 amide bonds. The highest BCUT2D eigenvalue weighted by molar-refractivity contribution is 5.80. The Hall–Kier alpha value is -2.16. The highest BCUT2D eigenvalue weighted by Crippen LogP contribution is 2.10. The lowest BCUT2D eigenvalue weighted by Gasteiger charge is -2.16. The largest absolute Gasteiger partial charge is 0.347 e. The first-order chi connectivity index (χ1) is 8.97. The molecule has 0 spiro atoms. The van der Waals surface area contributed by atoms with Gasteiger partial charge in [0, 0.05) is 27.7 Å². The monoisotopic (exact) mass is 268 g/mol. The van der Waals surface area contributed by atoms with Gasteiger partial charge < -0.3 is 15.1 Å². The van der Waals surface area contributed by atoms with Crippen LogP contribution in [0.15, 0.2) is 0 Å². The second-order valence-electron chi connectivity index (χ2n) is 4.08. The summed E-state index contributed by atoms with van der Waals surface area (Å²) in [6, 6.07) is 0. The molecule has 1 heterocycles. The zero-order valence-electron chi connectivity index (χ0n) is 11.6. The van der Waals surface area contributed by atoms with Gasteiger partial charge in [0.25, 0.3) is 0 Å². The SMILES string of the molecule is CCN(C)C(=O)CNc1nc(NN)nc(N(C)C)n1. The van der Waals surface area contributed by atoms with Crippen molar-refractivity contribution in [1.82, 2.24) is 19.9 Å². The van der Waals surface area contributed by atoms with Gasteiger partial charge in [-0.05, 0) is 6.92 Å². The number of hydrogen-bond donors (Lipinski definition) is 3. The normalized spacial score (nSPS) is 9.95. The highest BCUT2D eigenvalue weighted by atomic mass is 16.2. The summed E-state index contributed by atoms with van der Waals surface area (Å²) in [6.45, 7) is 2.67. The molecule has 0 aromatic carbocycles. The van der Waals surface area contributed by atoms with E-state index in [9.17, 15) is 4.79 Å². The van der Waals surface area contributed by atoms with Crippen LogP contribution in [-0.4, -0.2) is 60.0 Å². The molecule has 0 aliphatic heterocycles. The maximum absolute atomic E-state index is 11.7.